The Kier molecular flexibility index (Phi) is 4.91. The van der Waals surface area contributed by atoms with Crippen LogP contribution in [-0.2, 0) is 11.2 Å². The molecule has 0 unspecified atom stereocenters. The van der Waals surface area contributed by atoms with Gasteiger partial charge in [-0.1, -0.05) is 19.0 Å². The predicted molar refractivity (Wildman–Crippen MR) is 70.6 cm³/mol. The Labute approximate surface area is 113 Å². The van der Waals surface area contributed by atoms with Crippen LogP contribution in [0.5, 0.6) is 0 Å². The van der Waals surface area contributed by atoms with Crippen LogP contribution < -0.4 is 5.32 Å². The zero-order chi connectivity index (χ0) is 14.6. The zero-order valence-electron chi connectivity index (χ0n) is 12.5. The van der Waals surface area contributed by atoms with Crippen molar-refractivity contribution in [3.05, 3.63) is 11.7 Å². The molecule has 0 saturated heterocycles. The van der Waals surface area contributed by atoms with Gasteiger partial charge in [0.25, 0.3) is 0 Å². The van der Waals surface area contributed by atoms with Crippen molar-refractivity contribution < 1.29 is 14.1 Å². The Morgan fingerprint density at radius 2 is 2.00 bits per heavy atom. The third-order valence-electron chi connectivity index (χ3n) is 2.18. The summed E-state index contributed by atoms with van der Waals surface area (Å²) in [6.45, 7) is 11.4. The third-order valence-corrected chi connectivity index (χ3v) is 2.18. The largest absolute Gasteiger partial charge is 0.444 e. The summed E-state index contributed by atoms with van der Waals surface area (Å²) in [7, 11) is 0. The normalized spacial score (nSPS) is 13.4. The Hall–Kier alpha value is -1.59. The SMILES string of the molecule is CC(C)Cc1noc([C@@H](C)NC(=O)OC(C)(C)C)n1. The first-order valence-corrected chi connectivity index (χ1v) is 6.49. The van der Waals surface area contributed by atoms with E-state index in [4.69, 9.17) is 9.26 Å². The van der Waals surface area contributed by atoms with E-state index < -0.39 is 11.7 Å². The van der Waals surface area contributed by atoms with Crippen molar-refractivity contribution >= 4 is 6.09 Å². The van der Waals surface area contributed by atoms with E-state index in [-0.39, 0.29) is 6.04 Å². The molecule has 6 heteroatoms. The number of nitrogens with zero attached hydrogens (tertiary/aromatic N) is 2. The highest BCUT2D eigenvalue weighted by Gasteiger charge is 2.21. The minimum Gasteiger partial charge on any atom is -0.444 e. The molecule has 0 bridgehead atoms. The maximum absolute atomic E-state index is 11.6. The highest BCUT2D eigenvalue weighted by Crippen LogP contribution is 2.13. The third kappa shape index (κ3) is 5.72. The summed E-state index contributed by atoms with van der Waals surface area (Å²) in [4.78, 5) is 15.9. The maximum atomic E-state index is 11.6. The number of aromatic nitrogens is 2. The maximum Gasteiger partial charge on any atom is 0.408 e. The number of hydrogen-bond donors (Lipinski definition) is 1. The van der Waals surface area contributed by atoms with Crippen molar-refractivity contribution in [1.29, 1.82) is 0 Å². The van der Waals surface area contributed by atoms with Gasteiger partial charge in [-0.3, -0.25) is 0 Å². The molecule has 1 rings (SSSR count). The van der Waals surface area contributed by atoms with Crippen LogP contribution in [0.4, 0.5) is 4.79 Å². The Morgan fingerprint density at radius 3 is 2.53 bits per heavy atom. The lowest BCUT2D eigenvalue weighted by Gasteiger charge is -2.20. The van der Waals surface area contributed by atoms with Gasteiger partial charge in [0.1, 0.15) is 11.6 Å². The number of hydrogen-bond acceptors (Lipinski definition) is 5. The minimum atomic E-state index is -0.526. The second-order valence-corrected chi connectivity index (χ2v) is 6.01. The van der Waals surface area contributed by atoms with Gasteiger partial charge in [-0.15, -0.1) is 0 Å². The lowest BCUT2D eigenvalue weighted by atomic mass is 10.1. The molecule has 1 atom stereocenters. The van der Waals surface area contributed by atoms with Gasteiger partial charge in [0.2, 0.25) is 5.89 Å². The zero-order valence-corrected chi connectivity index (χ0v) is 12.5. The summed E-state index contributed by atoms with van der Waals surface area (Å²) in [6.07, 6.45) is 0.256. The fraction of sp³-hybridized carbons (Fsp3) is 0.769. The molecule has 0 aliphatic rings. The van der Waals surface area contributed by atoms with Crippen LogP contribution in [0.1, 0.15) is 59.3 Å². The van der Waals surface area contributed by atoms with E-state index in [0.717, 1.165) is 6.42 Å². The molecule has 1 N–H and O–H groups in total. The van der Waals surface area contributed by atoms with Gasteiger partial charge in [-0.25, -0.2) is 4.79 Å². The number of rotatable bonds is 4. The van der Waals surface area contributed by atoms with Crippen LogP contribution in [0, 0.1) is 5.92 Å². The molecule has 0 aromatic carbocycles. The molecule has 0 fully saturated rings. The summed E-state index contributed by atoms with van der Waals surface area (Å²) in [5, 5.41) is 6.54. The standard InChI is InChI=1S/C13H23N3O3/c1-8(2)7-10-15-11(19-16-10)9(3)14-12(17)18-13(4,5)6/h8-9H,7H2,1-6H3,(H,14,17)/t9-/m1/s1. The van der Waals surface area contributed by atoms with Crippen LogP contribution in [0.25, 0.3) is 0 Å². The van der Waals surface area contributed by atoms with Crippen molar-refractivity contribution in [3.8, 4) is 0 Å². The predicted octanol–water partition coefficient (Wildman–Crippen LogP) is 2.85. The number of alkyl carbamates (subject to hydrolysis) is 1. The molecule has 1 aromatic heterocycles. The van der Waals surface area contributed by atoms with Crippen LogP contribution >= 0.6 is 0 Å². The number of carbonyl (C=O) groups is 1. The molecule has 1 aromatic rings. The first-order chi connectivity index (χ1) is 8.67. The van der Waals surface area contributed by atoms with Crippen molar-refractivity contribution in [3.63, 3.8) is 0 Å². The van der Waals surface area contributed by atoms with E-state index in [9.17, 15) is 4.79 Å². The van der Waals surface area contributed by atoms with Gasteiger partial charge in [-0.2, -0.15) is 4.98 Å². The molecular weight excluding hydrogens is 246 g/mol. The van der Waals surface area contributed by atoms with Crippen LogP contribution in [-0.4, -0.2) is 21.8 Å². The first-order valence-electron chi connectivity index (χ1n) is 6.49. The number of ether oxygens (including phenoxy) is 1. The van der Waals surface area contributed by atoms with E-state index in [1.54, 1.807) is 6.92 Å². The highest BCUT2D eigenvalue weighted by molar-refractivity contribution is 5.68. The smallest absolute Gasteiger partial charge is 0.408 e. The lowest BCUT2D eigenvalue weighted by molar-refractivity contribution is 0.0499. The van der Waals surface area contributed by atoms with Crippen LogP contribution in [0.3, 0.4) is 0 Å². The fourth-order valence-electron chi connectivity index (χ4n) is 1.44. The van der Waals surface area contributed by atoms with E-state index >= 15 is 0 Å². The summed E-state index contributed by atoms with van der Waals surface area (Å²) in [5.41, 5.74) is -0.526. The molecule has 0 saturated carbocycles. The average molecular weight is 269 g/mol. The molecule has 1 amide bonds. The van der Waals surface area contributed by atoms with Crippen LogP contribution in [0.15, 0.2) is 4.52 Å². The molecule has 0 radical (unpaired) electrons. The van der Waals surface area contributed by atoms with Crippen molar-refractivity contribution in [2.75, 3.05) is 0 Å². The Balaban J connectivity index is 2.56. The van der Waals surface area contributed by atoms with Gasteiger partial charge in [0.15, 0.2) is 5.82 Å². The van der Waals surface area contributed by atoms with Crippen molar-refractivity contribution in [1.82, 2.24) is 15.5 Å². The summed E-state index contributed by atoms with van der Waals surface area (Å²) in [5.74, 6) is 1.50. The quantitative estimate of drug-likeness (QED) is 0.909. The summed E-state index contributed by atoms with van der Waals surface area (Å²) < 4.78 is 10.3. The van der Waals surface area contributed by atoms with E-state index in [1.807, 2.05) is 20.8 Å². The van der Waals surface area contributed by atoms with E-state index in [1.165, 1.54) is 0 Å². The average Bonchev–Trinajstić information content (AvgIpc) is 2.61. The van der Waals surface area contributed by atoms with Crippen molar-refractivity contribution in [2.24, 2.45) is 5.92 Å². The second kappa shape index (κ2) is 6.04. The number of carbonyl (C=O) groups excluding carboxylic acids is 1. The van der Waals surface area contributed by atoms with E-state index in [2.05, 4.69) is 29.3 Å². The molecule has 6 nitrogen and oxygen atoms in total. The van der Waals surface area contributed by atoms with Crippen molar-refractivity contribution in [2.45, 2.75) is 59.6 Å². The first kappa shape index (κ1) is 15.5. The lowest BCUT2D eigenvalue weighted by Crippen LogP contribution is -2.34. The number of amides is 1. The Bertz CT molecular complexity index is 421. The van der Waals surface area contributed by atoms with Gasteiger partial charge >= 0.3 is 6.09 Å². The Morgan fingerprint density at radius 1 is 1.37 bits per heavy atom. The van der Waals surface area contributed by atoms with Crippen LogP contribution in [0.2, 0.25) is 0 Å². The van der Waals surface area contributed by atoms with Gasteiger partial charge in [-0.05, 0) is 33.6 Å². The highest BCUT2D eigenvalue weighted by atomic mass is 16.6. The van der Waals surface area contributed by atoms with Gasteiger partial charge in [0, 0.05) is 6.42 Å². The summed E-state index contributed by atoms with van der Waals surface area (Å²) >= 11 is 0. The fourth-order valence-corrected chi connectivity index (χ4v) is 1.44. The topological polar surface area (TPSA) is 77.2 Å². The summed E-state index contributed by atoms with van der Waals surface area (Å²) in [6, 6.07) is -0.372. The minimum absolute atomic E-state index is 0.372. The molecule has 0 aliphatic heterocycles. The monoisotopic (exact) mass is 269 g/mol. The molecule has 0 aliphatic carbocycles. The molecular formula is C13H23N3O3. The van der Waals surface area contributed by atoms with E-state index in [0.29, 0.717) is 17.6 Å². The van der Waals surface area contributed by atoms with Gasteiger partial charge in [0.05, 0.1) is 0 Å². The molecule has 0 spiro atoms. The number of nitrogens with one attached hydrogen (secondary N) is 1. The molecule has 19 heavy (non-hydrogen) atoms. The molecule has 108 valence electrons. The van der Waals surface area contributed by atoms with Gasteiger partial charge < -0.3 is 14.6 Å². The molecule has 1 heterocycles. The second-order valence-electron chi connectivity index (χ2n) is 6.01.